The molecule has 39 heavy (non-hydrogen) atoms. The number of aromatic nitrogens is 2. The van der Waals surface area contributed by atoms with Crippen LogP contribution in [0, 0.1) is 0 Å². The number of halogens is 1. The van der Waals surface area contributed by atoms with Crippen molar-refractivity contribution in [2.45, 2.75) is 38.4 Å². The molecule has 1 saturated heterocycles. The maximum atomic E-state index is 13.2. The number of hydrogen-bond acceptors (Lipinski definition) is 8. The van der Waals surface area contributed by atoms with E-state index in [2.05, 4.69) is 20.6 Å². The van der Waals surface area contributed by atoms with Crippen LogP contribution in [0.3, 0.4) is 0 Å². The van der Waals surface area contributed by atoms with Crippen molar-refractivity contribution >= 4 is 29.4 Å². The summed E-state index contributed by atoms with van der Waals surface area (Å²) in [7, 11) is 0. The number of carbonyl (C=O) groups is 2. The summed E-state index contributed by atoms with van der Waals surface area (Å²) >= 11 is 6.45. The highest BCUT2D eigenvalue weighted by molar-refractivity contribution is 6.33. The van der Waals surface area contributed by atoms with Gasteiger partial charge in [-0.15, -0.1) is 0 Å². The molecular formula is C28H28ClN5O5. The summed E-state index contributed by atoms with van der Waals surface area (Å²) in [5.74, 6) is 1.38. The summed E-state index contributed by atoms with van der Waals surface area (Å²) in [4.78, 5) is 36.6. The summed E-state index contributed by atoms with van der Waals surface area (Å²) in [6, 6.07) is 11.1. The molecule has 2 aromatic carbocycles. The van der Waals surface area contributed by atoms with Crippen molar-refractivity contribution in [1.29, 1.82) is 0 Å². The summed E-state index contributed by atoms with van der Waals surface area (Å²) in [5, 5.41) is 6.72. The highest BCUT2D eigenvalue weighted by Gasteiger charge is 2.30. The first-order chi connectivity index (χ1) is 18.9. The van der Waals surface area contributed by atoms with E-state index in [-0.39, 0.29) is 37.2 Å². The Kier molecular flexibility index (Phi) is 6.97. The molecule has 3 aliphatic heterocycles. The molecule has 2 amide bonds. The Morgan fingerprint density at radius 2 is 1.97 bits per heavy atom. The third-order valence-electron chi connectivity index (χ3n) is 7.17. The number of hydrogen-bond donors (Lipinski definition) is 2. The van der Waals surface area contributed by atoms with Gasteiger partial charge in [-0.1, -0.05) is 29.8 Å². The Labute approximate surface area is 230 Å². The molecule has 0 spiro atoms. The topological polar surface area (TPSA) is 115 Å². The molecule has 202 valence electrons. The second-order valence-corrected chi connectivity index (χ2v) is 10.3. The summed E-state index contributed by atoms with van der Waals surface area (Å²) in [6.45, 7) is 3.79. The lowest BCUT2D eigenvalue weighted by Gasteiger charge is -2.23. The highest BCUT2D eigenvalue weighted by atomic mass is 35.5. The third kappa shape index (κ3) is 5.35. The Morgan fingerprint density at radius 3 is 2.82 bits per heavy atom. The zero-order valence-corrected chi connectivity index (χ0v) is 22.2. The minimum absolute atomic E-state index is 0.0504. The molecule has 1 atom stereocenters. The Balaban J connectivity index is 1.12. The molecule has 1 fully saturated rings. The van der Waals surface area contributed by atoms with Crippen LogP contribution < -0.4 is 20.1 Å². The number of amides is 2. The second-order valence-electron chi connectivity index (χ2n) is 9.86. The van der Waals surface area contributed by atoms with Gasteiger partial charge >= 0.3 is 0 Å². The maximum Gasteiger partial charge on any atom is 0.254 e. The van der Waals surface area contributed by atoms with Gasteiger partial charge in [0.05, 0.1) is 23.0 Å². The smallest absolute Gasteiger partial charge is 0.254 e. The highest BCUT2D eigenvalue weighted by Crippen LogP contribution is 2.34. The van der Waals surface area contributed by atoms with Crippen molar-refractivity contribution in [3.63, 3.8) is 0 Å². The van der Waals surface area contributed by atoms with Crippen molar-refractivity contribution < 1.29 is 23.8 Å². The van der Waals surface area contributed by atoms with Crippen LogP contribution in [0.25, 0.3) is 11.3 Å². The van der Waals surface area contributed by atoms with Gasteiger partial charge in [-0.2, -0.15) is 0 Å². The van der Waals surface area contributed by atoms with Gasteiger partial charge in [0.1, 0.15) is 6.54 Å². The van der Waals surface area contributed by atoms with E-state index in [0.717, 1.165) is 24.0 Å². The lowest BCUT2D eigenvalue weighted by atomic mass is 10.0. The molecule has 3 aliphatic rings. The van der Waals surface area contributed by atoms with Crippen molar-refractivity contribution in [2.75, 3.05) is 31.9 Å². The van der Waals surface area contributed by atoms with Crippen molar-refractivity contribution in [2.24, 2.45) is 0 Å². The van der Waals surface area contributed by atoms with Crippen molar-refractivity contribution in [3.8, 4) is 22.8 Å². The fourth-order valence-electron chi connectivity index (χ4n) is 5.03. The first-order valence-corrected chi connectivity index (χ1v) is 13.3. The van der Waals surface area contributed by atoms with Gasteiger partial charge in [0.25, 0.3) is 5.91 Å². The molecule has 6 rings (SSSR count). The van der Waals surface area contributed by atoms with Gasteiger partial charge in [0, 0.05) is 36.9 Å². The molecule has 2 N–H and O–H groups in total. The normalized spacial score (nSPS) is 17.2. The van der Waals surface area contributed by atoms with Gasteiger partial charge in [-0.3, -0.25) is 9.59 Å². The van der Waals surface area contributed by atoms with Gasteiger partial charge in [-0.05, 0) is 49.1 Å². The monoisotopic (exact) mass is 549 g/mol. The fraction of sp³-hybridized carbons (Fsp3) is 0.357. The summed E-state index contributed by atoms with van der Waals surface area (Å²) in [5.41, 5.74) is 3.54. The minimum Gasteiger partial charge on any atom is -0.454 e. The quantitative estimate of drug-likeness (QED) is 0.455. The third-order valence-corrected chi connectivity index (χ3v) is 7.45. The molecule has 0 aliphatic carbocycles. The van der Waals surface area contributed by atoms with Crippen LogP contribution in [0.1, 0.15) is 47.3 Å². The lowest BCUT2D eigenvalue weighted by Crippen LogP contribution is -2.38. The summed E-state index contributed by atoms with van der Waals surface area (Å²) < 4.78 is 16.2. The minimum atomic E-state index is -0.262. The van der Waals surface area contributed by atoms with Crippen LogP contribution in [0.5, 0.6) is 11.5 Å². The molecule has 11 heteroatoms. The number of nitrogens with zero attached hydrogens (tertiary/aromatic N) is 3. The number of nitrogens with one attached hydrogen (secondary N) is 2. The molecule has 0 saturated carbocycles. The average molecular weight is 550 g/mol. The van der Waals surface area contributed by atoms with E-state index in [1.165, 1.54) is 4.90 Å². The number of rotatable bonds is 7. The van der Waals surface area contributed by atoms with Crippen LogP contribution in [0.15, 0.2) is 42.6 Å². The predicted octanol–water partition coefficient (Wildman–Crippen LogP) is 3.95. The SMILES string of the molecule is CC(NC(=O)CN1Cc2ccc(-c3nc(NC4CCOCC4)ncc3Cl)cc2C1=O)c1ccc2c(c1)OCO2. The molecule has 4 heterocycles. The molecule has 10 nitrogen and oxygen atoms in total. The van der Waals surface area contributed by atoms with Crippen LogP contribution >= 0.6 is 11.6 Å². The number of carbonyl (C=O) groups excluding carboxylic acids is 2. The number of ether oxygens (including phenoxy) is 3. The molecular weight excluding hydrogens is 522 g/mol. The van der Waals surface area contributed by atoms with Crippen LogP contribution in [0.4, 0.5) is 5.95 Å². The summed E-state index contributed by atoms with van der Waals surface area (Å²) in [6.07, 6.45) is 3.33. The van der Waals surface area contributed by atoms with E-state index in [0.29, 0.717) is 59.0 Å². The van der Waals surface area contributed by atoms with E-state index in [1.54, 1.807) is 12.3 Å². The fourth-order valence-corrected chi connectivity index (χ4v) is 5.23. The predicted molar refractivity (Wildman–Crippen MR) is 144 cm³/mol. The zero-order chi connectivity index (χ0) is 26.9. The molecule has 0 bridgehead atoms. The van der Waals surface area contributed by atoms with Crippen molar-refractivity contribution in [1.82, 2.24) is 20.2 Å². The number of anilines is 1. The molecule has 1 unspecified atom stereocenters. The van der Waals surface area contributed by atoms with Crippen LogP contribution in [0.2, 0.25) is 5.02 Å². The molecule has 1 aromatic heterocycles. The van der Waals surface area contributed by atoms with E-state index in [1.807, 2.05) is 37.3 Å². The average Bonchev–Trinajstić information content (AvgIpc) is 3.54. The Morgan fingerprint density at radius 1 is 1.15 bits per heavy atom. The van der Waals surface area contributed by atoms with Crippen LogP contribution in [-0.2, 0) is 16.1 Å². The van der Waals surface area contributed by atoms with E-state index in [9.17, 15) is 9.59 Å². The van der Waals surface area contributed by atoms with Gasteiger partial charge in [0.15, 0.2) is 11.5 Å². The van der Waals surface area contributed by atoms with Gasteiger partial charge < -0.3 is 29.7 Å². The first-order valence-electron chi connectivity index (χ1n) is 12.9. The van der Waals surface area contributed by atoms with E-state index >= 15 is 0 Å². The first kappa shape index (κ1) is 25.4. The van der Waals surface area contributed by atoms with E-state index < -0.39 is 0 Å². The van der Waals surface area contributed by atoms with E-state index in [4.69, 9.17) is 25.8 Å². The zero-order valence-electron chi connectivity index (χ0n) is 21.4. The Hall–Kier alpha value is -3.89. The standard InChI is InChI=1S/C28H28ClN5O5/c1-16(17-4-5-23-24(11-17)39-15-38-23)31-25(35)14-34-13-19-3-2-18(10-21(19)27(34)36)26-22(29)12-30-28(33-26)32-20-6-8-37-9-7-20/h2-5,10-12,16,20H,6-9,13-15H2,1H3,(H,31,35)(H,30,32,33). The van der Waals surface area contributed by atoms with Gasteiger partial charge in [0.2, 0.25) is 18.6 Å². The van der Waals surface area contributed by atoms with Gasteiger partial charge in [-0.25, -0.2) is 9.97 Å². The van der Waals surface area contributed by atoms with Crippen LogP contribution in [-0.4, -0.2) is 59.3 Å². The molecule has 0 radical (unpaired) electrons. The number of benzene rings is 2. The lowest BCUT2D eigenvalue weighted by molar-refractivity contribution is -0.122. The Bertz CT molecular complexity index is 1430. The second kappa shape index (κ2) is 10.7. The molecule has 3 aromatic rings. The largest absolute Gasteiger partial charge is 0.454 e. The van der Waals surface area contributed by atoms with Crippen molar-refractivity contribution in [3.05, 3.63) is 64.3 Å². The number of fused-ring (bicyclic) bond motifs is 2. The maximum absolute atomic E-state index is 13.2.